The Bertz CT molecular complexity index is 267. The smallest absolute Gasteiger partial charge is 0.241 e. The molecule has 0 saturated heterocycles. The lowest BCUT2D eigenvalue weighted by Gasteiger charge is -2.02. The molecule has 6 nitrogen and oxygen atoms in total. The van der Waals surface area contributed by atoms with Gasteiger partial charge in [-0.05, 0) is 6.08 Å². The minimum Gasteiger partial charge on any atom is -0.359 e. The normalized spacial score (nSPS) is 12.0. The van der Waals surface area contributed by atoms with Crippen LogP contribution in [0.15, 0.2) is 12.2 Å². The molecule has 0 fully saturated rings. The van der Waals surface area contributed by atoms with Crippen LogP contribution < -0.4 is 5.32 Å². The Morgan fingerprint density at radius 3 is 2.85 bits per heavy atom. The molecule has 0 aromatic carbocycles. The first-order chi connectivity index (χ1) is 6.11. The van der Waals surface area contributed by atoms with E-state index in [0.29, 0.717) is 0 Å². The van der Waals surface area contributed by atoms with Gasteiger partial charge in [0.05, 0.1) is 12.5 Å². The summed E-state index contributed by atoms with van der Waals surface area (Å²) in [5, 5.41) is 20.7. The zero-order valence-corrected chi connectivity index (χ0v) is 7.06. The molecular formula is C7H9N3O3. The summed E-state index contributed by atoms with van der Waals surface area (Å²) in [7, 11) is 1.40. The molecule has 0 saturated carbocycles. The lowest BCUT2D eigenvalue weighted by atomic mass is 10.2. The van der Waals surface area contributed by atoms with E-state index in [1.165, 1.54) is 7.05 Å². The number of rotatable bonds is 4. The van der Waals surface area contributed by atoms with Crippen LogP contribution in [0.25, 0.3) is 0 Å². The number of carbonyl (C=O) groups excluding carboxylic acids is 1. The molecule has 0 aliphatic carbocycles. The van der Waals surface area contributed by atoms with Gasteiger partial charge in [-0.1, -0.05) is 0 Å². The summed E-state index contributed by atoms with van der Waals surface area (Å²) in [4.78, 5) is 20.5. The molecule has 0 aliphatic heterocycles. The largest absolute Gasteiger partial charge is 0.359 e. The topological polar surface area (TPSA) is 96.0 Å². The summed E-state index contributed by atoms with van der Waals surface area (Å²) < 4.78 is 0. The molecule has 1 atom stereocenters. The summed E-state index contributed by atoms with van der Waals surface area (Å²) >= 11 is 0. The highest BCUT2D eigenvalue weighted by Crippen LogP contribution is 1.98. The van der Waals surface area contributed by atoms with Crippen LogP contribution in [-0.2, 0) is 4.79 Å². The van der Waals surface area contributed by atoms with Crippen molar-refractivity contribution in [3.63, 3.8) is 0 Å². The van der Waals surface area contributed by atoms with Gasteiger partial charge in [-0.25, -0.2) is 0 Å². The fraction of sp³-hybridized carbons (Fsp3) is 0.429. The van der Waals surface area contributed by atoms with E-state index in [4.69, 9.17) is 5.26 Å². The lowest BCUT2D eigenvalue weighted by Crippen LogP contribution is -2.27. The van der Waals surface area contributed by atoms with Gasteiger partial charge in [0.15, 0.2) is 0 Å². The molecule has 0 aromatic rings. The van der Waals surface area contributed by atoms with Crippen molar-refractivity contribution in [2.24, 2.45) is 0 Å². The molecule has 0 aliphatic rings. The molecule has 0 rings (SSSR count). The van der Waals surface area contributed by atoms with Crippen molar-refractivity contribution in [2.45, 2.75) is 12.5 Å². The van der Waals surface area contributed by atoms with Gasteiger partial charge in [0.1, 0.15) is 0 Å². The van der Waals surface area contributed by atoms with Crippen molar-refractivity contribution < 1.29 is 9.72 Å². The lowest BCUT2D eigenvalue weighted by molar-refractivity contribution is -0.508. The maximum atomic E-state index is 10.8. The molecule has 0 aromatic heterocycles. The van der Waals surface area contributed by atoms with Gasteiger partial charge in [0.25, 0.3) is 0 Å². The molecule has 1 N–H and O–H groups in total. The highest BCUT2D eigenvalue weighted by Gasteiger charge is 2.19. The first kappa shape index (κ1) is 11.1. The van der Waals surface area contributed by atoms with Gasteiger partial charge in [-0.3, -0.25) is 14.9 Å². The fourth-order valence-electron chi connectivity index (χ4n) is 0.659. The molecule has 0 spiro atoms. The van der Waals surface area contributed by atoms with E-state index in [9.17, 15) is 14.9 Å². The molecule has 6 heteroatoms. The van der Waals surface area contributed by atoms with Crippen molar-refractivity contribution in [3.05, 3.63) is 22.3 Å². The van der Waals surface area contributed by atoms with Crippen molar-refractivity contribution in [1.29, 1.82) is 5.26 Å². The van der Waals surface area contributed by atoms with E-state index in [1.54, 1.807) is 6.07 Å². The zero-order valence-electron chi connectivity index (χ0n) is 7.06. The molecule has 1 amide bonds. The summed E-state index contributed by atoms with van der Waals surface area (Å²) in [5.74, 6) is -0.427. The number of nitro groups is 1. The van der Waals surface area contributed by atoms with Gasteiger partial charge in [0, 0.05) is 18.0 Å². The maximum absolute atomic E-state index is 10.8. The Balaban J connectivity index is 4.28. The number of nitriles is 1. The monoisotopic (exact) mass is 183 g/mol. The Morgan fingerprint density at radius 1 is 1.85 bits per heavy atom. The van der Waals surface area contributed by atoms with Gasteiger partial charge >= 0.3 is 0 Å². The average Bonchev–Trinajstić information content (AvgIpc) is 2.11. The van der Waals surface area contributed by atoms with E-state index in [2.05, 4.69) is 5.32 Å². The zero-order chi connectivity index (χ0) is 10.3. The Hall–Kier alpha value is -1.90. The first-order valence-electron chi connectivity index (χ1n) is 3.52. The average molecular weight is 183 g/mol. The highest BCUT2D eigenvalue weighted by molar-refractivity contribution is 5.76. The van der Waals surface area contributed by atoms with Gasteiger partial charge < -0.3 is 5.32 Å². The van der Waals surface area contributed by atoms with Crippen molar-refractivity contribution in [1.82, 2.24) is 5.32 Å². The van der Waals surface area contributed by atoms with E-state index < -0.39 is 16.9 Å². The predicted molar refractivity (Wildman–Crippen MR) is 44.2 cm³/mol. The van der Waals surface area contributed by atoms with Crippen LogP contribution in [0.3, 0.4) is 0 Å². The molecule has 1 unspecified atom stereocenters. The van der Waals surface area contributed by atoms with Crippen LogP contribution in [0.2, 0.25) is 0 Å². The molecule has 0 heterocycles. The van der Waals surface area contributed by atoms with E-state index >= 15 is 0 Å². The van der Waals surface area contributed by atoms with Crippen LogP contribution >= 0.6 is 0 Å². The van der Waals surface area contributed by atoms with Crippen molar-refractivity contribution in [2.75, 3.05) is 7.05 Å². The molecular weight excluding hydrogens is 174 g/mol. The SMILES string of the molecule is CNC(=O)CC(/C=C\C#N)[N+](=O)[O-]. The Kier molecular flexibility index (Phi) is 4.88. The number of nitrogens with one attached hydrogen (secondary N) is 1. The van der Waals surface area contributed by atoms with Crippen molar-refractivity contribution in [3.8, 4) is 6.07 Å². The van der Waals surface area contributed by atoms with E-state index in [-0.39, 0.29) is 6.42 Å². The van der Waals surface area contributed by atoms with E-state index in [1.807, 2.05) is 0 Å². The van der Waals surface area contributed by atoms with E-state index in [0.717, 1.165) is 12.2 Å². The predicted octanol–water partition coefficient (Wildman–Crippen LogP) is -0.152. The number of allylic oxidation sites excluding steroid dienone is 1. The Labute approximate surface area is 75.0 Å². The van der Waals surface area contributed by atoms with Crippen LogP contribution in [-0.4, -0.2) is 23.9 Å². The third kappa shape index (κ3) is 4.53. The number of carbonyl (C=O) groups is 1. The minimum absolute atomic E-state index is 0.248. The molecule has 70 valence electrons. The van der Waals surface area contributed by atoms with Crippen LogP contribution in [0.1, 0.15) is 6.42 Å². The highest BCUT2D eigenvalue weighted by atomic mass is 16.6. The first-order valence-corrected chi connectivity index (χ1v) is 3.52. The van der Waals surface area contributed by atoms with Gasteiger partial charge in [-0.15, -0.1) is 0 Å². The standard InChI is InChI=1S/C7H9N3O3/c1-9-7(11)5-6(10(12)13)3-2-4-8/h2-3,6H,5H2,1H3,(H,9,11)/b3-2-. The second-order valence-electron chi connectivity index (χ2n) is 2.22. The number of amides is 1. The molecule has 0 bridgehead atoms. The Morgan fingerprint density at radius 2 is 2.46 bits per heavy atom. The third-order valence-electron chi connectivity index (χ3n) is 1.34. The van der Waals surface area contributed by atoms with Crippen molar-refractivity contribution >= 4 is 5.91 Å². The molecule has 13 heavy (non-hydrogen) atoms. The van der Waals surface area contributed by atoms with Gasteiger partial charge in [0.2, 0.25) is 11.9 Å². The summed E-state index contributed by atoms with van der Waals surface area (Å²) in [6.45, 7) is 0. The molecule has 0 radical (unpaired) electrons. The quantitative estimate of drug-likeness (QED) is 0.372. The number of nitrogens with zero attached hydrogens (tertiary/aromatic N) is 2. The number of hydrogen-bond donors (Lipinski definition) is 1. The van der Waals surface area contributed by atoms with Crippen LogP contribution in [0, 0.1) is 21.4 Å². The van der Waals surface area contributed by atoms with Gasteiger partial charge in [-0.2, -0.15) is 5.26 Å². The summed E-state index contributed by atoms with van der Waals surface area (Å²) in [6, 6.07) is 0.502. The second-order valence-corrected chi connectivity index (χ2v) is 2.22. The third-order valence-corrected chi connectivity index (χ3v) is 1.34. The van der Waals surface area contributed by atoms with Crippen LogP contribution in [0.5, 0.6) is 0 Å². The fourth-order valence-corrected chi connectivity index (χ4v) is 0.659. The maximum Gasteiger partial charge on any atom is 0.241 e. The summed E-state index contributed by atoms with van der Waals surface area (Å²) in [6.07, 6.45) is 1.84. The number of hydrogen-bond acceptors (Lipinski definition) is 4. The summed E-state index contributed by atoms with van der Waals surface area (Å²) in [5.41, 5.74) is 0. The van der Waals surface area contributed by atoms with Crippen LogP contribution in [0.4, 0.5) is 0 Å². The second kappa shape index (κ2) is 5.71. The minimum atomic E-state index is -1.13.